The summed E-state index contributed by atoms with van der Waals surface area (Å²) in [5.74, 6) is 2.02. The molecule has 0 saturated heterocycles. The maximum Gasteiger partial charge on any atom is 0.126 e. The Morgan fingerprint density at radius 3 is 2.83 bits per heavy atom. The van der Waals surface area contributed by atoms with Crippen LogP contribution in [0.3, 0.4) is 0 Å². The highest BCUT2D eigenvalue weighted by Crippen LogP contribution is 2.40. The minimum atomic E-state index is 0.0162. The van der Waals surface area contributed by atoms with Crippen LogP contribution in [0.25, 0.3) is 0 Å². The number of ether oxygens (including phenoxy) is 2. The van der Waals surface area contributed by atoms with Crippen molar-refractivity contribution >= 4 is 0 Å². The topological polar surface area (TPSA) is 18.5 Å². The summed E-state index contributed by atoms with van der Waals surface area (Å²) >= 11 is 0. The predicted molar refractivity (Wildman–Crippen MR) is 74.6 cm³/mol. The Hall–Kier alpha value is -1.18. The van der Waals surface area contributed by atoms with Crippen LogP contribution in [0.1, 0.15) is 50.7 Å². The Balaban J connectivity index is 2.23. The van der Waals surface area contributed by atoms with Crippen molar-refractivity contribution in [3.63, 3.8) is 0 Å². The second-order valence-corrected chi connectivity index (χ2v) is 5.59. The number of methoxy groups -OCH3 is 1. The Bertz CT molecular complexity index is 425. The van der Waals surface area contributed by atoms with E-state index in [1.165, 1.54) is 24.0 Å². The van der Waals surface area contributed by atoms with E-state index in [4.69, 9.17) is 9.47 Å². The minimum absolute atomic E-state index is 0.0162. The van der Waals surface area contributed by atoms with Gasteiger partial charge >= 0.3 is 0 Å². The third-order valence-corrected chi connectivity index (χ3v) is 3.89. The summed E-state index contributed by atoms with van der Waals surface area (Å²) in [6.07, 6.45) is 5.81. The van der Waals surface area contributed by atoms with Gasteiger partial charge in [-0.15, -0.1) is 0 Å². The van der Waals surface area contributed by atoms with Gasteiger partial charge in [0, 0.05) is 0 Å². The number of hydrogen-bond acceptors (Lipinski definition) is 2. The van der Waals surface area contributed by atoms with Gasteiger partial charge in [-0.2, -0.15) is 0 Å². The molecule has 0 saturated carbocycles. The van der Waals surface area contributed by atoms with Crippen molar-refractivity contribution in [2.24, 2.45) is 0 Å². The van der Waals surface area contributed by atoms with E-state index in [0.717, 1.165) is 30.8 Å². The Morgan fingerprint density at radius 1 is 1.39 bits per heavy atom. The van der Waals surface area contributed by atoms with E-state index in [1.54, 1.807) is 7.11 Å². The van der Waals surface area contributed by atoms with Gasteiger partial charge in [-0.3, -0.25) is 0 Å². The molecule has 2 nitrogen and oxygen atoms in total. The number of benzene rings is 1. The number of rotatable bonds is 4. The molecule has 1 atom stereocenters. The first kappa shape index (κ1) is 13.3. The molecule has 18 heavy (non-hydrogen) atoms. The highest BCUT2D eigenvalue weighted by atomic mass is 16.5. The molecule has 1 aliphatic rings. The molecule has 2 rings (SSSR count). The summed E-state index contributed by atoms with van der Waals surface area (Å²) < 4.78 is 11.6. The van der Waals surface area contributed by atoms with Crippen LogP contribution in [-0.2, 0) is 6.42 Å². The second-order valence-electron chi connectivity index (χ2n) is 5.59. The summed E-state index contributed by atoms with van der Waals surface area (Å²) in [5, 5.41) is 0. The zero-order valence-corrected chi connectivity index (χ0v) is 12.0. The van der Waals surface area contributed by atoms with Crippen LogP contribution in [0.2, 0.25) is 0 Å². The van der Waals surface area contributed by atoms with Gasteiger partial charge in [0.25, 0.3) is 0 Å². The van der Waals surface area contributed by atoms with Crippen LogP contribution >= 0.6 is 0 Å². The molecule has 0 unspecified atom stereocenters. The van der Waals surface area contributed by atoms with Crippen LogP contribution in [0.4, 0.5) is 0 Å². The van der Waals surface area contributed by atoms with E-state index in [1.807, 2.05) is 0 Å². The highest BCUT2D eigenvalue weighted by Gasteiger charge is 2.31. The first-order valence-electron chi connectivity index (χ1n) is 6.94. The molecule has 0 bridgehead atoms. The van der Waals surface area contributed by atoms with Gasteiger partial charge in [0.2, 0.25) is 0 Å². The minimum Gasteiger partial charge on any atom is -0.497 e. The Kier molecular flexibility index (Phi) is 3.84. The fourth-order valence-corrected chi connectivity index (χ4v) is 2.68. The van der Waals surface area contributed by atoms with E-state index in [2.05, 4.69) is 32.9 Å². The molecule has 0 radical (unpaired) electrons. The lowest BCUT2D eigenvalue weighted by Gasteiger charge is -2.37. The molecule has 1 aromatic rings. The SMILES string of the molecule is CCCC[C@]1(C)CCc2cc(OC)cc(C)c2O1. The highest BCUT2D eigenvalue weighted by molar-refractivity contribution is 5.48. The zero-order chi connectivity index (χ0) is 13.2. The molecule has 0 fully saturated rings. The van der Waals surface area contributed by atoms with Crippen LogP contribution in [0, 0.1) is 6.92 Å². The molecule has 0 spiro atoms. The summed E-state index contributed by atoms with van der Waals surface area (Å²) in [5.41, 5.74) is 2.50. The van der Waals surface area contributed by atoms with E-state index < -0.39 is 0 Å². The average molecular weight is 248 g/mol. The first-order chi connectivity index (χ1) is 8.58. The fourth-order valence-electron chi connectivity index (χ4n) is 2.68. The quantitative estimate of drug-likeness (QED) is 0.792. The second kappa shape index (κ2) is 5.21. The maximum absolute atomic E-state index is 6.30. The van der Waals surface area contributed by atoms with E-state index in [0.29, 0.717) is 0 Å². The average Bonchev–Trinajstić information content (AvgIpc) is 2.37. The van der Waals surface area contributed by atoms with Crippen molar-refractivity contribution < 1.29 is 9.47 Å². The molecule has 1 aliphatic heterocycles. The molecular formula is C16H24O2. The third-order valence-electron chi connectivity index (χ3n) is 3.89. The van der Waals surface area contributed by atoms with Crippen molar-refractivity contribution in [3.8, 4) is 11.5 Å². The van der Waals surface area contributed by atoms with E-state index in [-0.39, 0.29) is 5.60 Å². The molecule has 1 heterocycles. The zero-order valence-electron chi connectivity index (χ0n) is 12.0. The summed E-state index contributed by atoms with van der Waals surface area (Å²) in [4.78, 5) is 0. The fraction of sp³-hybridized carbons (Fsp3) is 0.625. The van der Waals surface area contributed by atoms with Gasteiger partial charge in [0.1, 0.15) is 17.1 Å². The van der Waals surface area contributed by atoms with Crippen molar-refractivity contribution in [1.29, 1.82) is 0 Å². The van der Waals surface area contributed by atoms with Gasteiger partial charge in [0.05, 0.1) is 7.11 Å². The van der Waals surface area contributed by atoms with Gasteiger partial charge in [-0.25, -0.2) is 0 Å². The number of hydrogen-bond donors (Lipinski definition) is 0. The Morgan fingerprint density at radius 2 is 2.17 bits per heavy atom. The molecule has 2 heteroatoms. The van der Waals surface area contributed by atoms with E-state index >= 15 is 0 Å². The molecule has 0 amide bonds. The number of fused-ring (bicyclic) bond motifs is 1. The molecule has 0 N–H and O–H groups in total. The largest absolute Gasteiger partial charge is 0.497 e. The lowest BCUT2D eigenvalue weighted by atomic mass is 9.87. The van der Waals surface area contributed by atoms with Crippen LogP contribution < -0.4 is 9.47 Å². The van der Waals surface area contributed by atoms with Gasteiger partial charge in [0.15, 0.2) is 0 Å². The summed E-state index contributed by atoms with van der Waals surface area (Å²) in [7, 11) is 1.72. The predicted octanol–water partition coefficient (Wildman–Crippen LogP) is 4.28. The number of aryl methyl sites for hydroxylation is 2. The molecular weight excluding hydrogens is 224 g/mol. The van der Waals surface area contributed by atoms with Gasteiger partial charge < -0.3 is 9.47 Å². The third kappa shape index (κ3) is 2.63. The number of unbranched alkanes of at least 4 members (excludes halogenated alkanes) is 1. The monoisotopic (exact) mass is 248 g/mol. The standard InChI is InChI=1S/C16H24O2/c1-5-6-8-16(3)9-7-13-11-14(17-4)10-12(2)15(13)18-16/h10-11H,5-9H2,1-4H3/t16-/m1/s1. The summed E-state index contributed by atoms with van der Waals surface area (Å²) in [6, 6.07) is 4.17. The summed E-state index contributed by atoms with van der Waals surface area (Å²) in [6.45, 7) is 6.58. The molecule has 0 aliphatic carbocycles. The lowest BCUT2D eigenvalue weighted by Crippen LogP contribution is -2.36. The van der Waals surface area contributed by atoms with Crippen molar-refractivity contribution in [2.75, 3.05) is 7.11 Å². The van der Waals surface area contributed by atoms with Crippen molar-refractivity contribution in [3.05, 3.63) is 23.3 Å². The first-order valence-corrected chi connectivity index (χ1v) is 6.94. The van der Waals surface area contributed by atoms with Gasteiger partial charge in [-0.05, 0) is 62.8 Å². The normalized spacial score (nSPS) is 22.2. The van der Waals surface area contributed by atoms with Crippen LogP contribution in [0.15, 0.2) is 12.1 Å². The maximum atomic E-state index is 6.30. The molecule has 0 aromatic heterocycles. The van der Waals surface area contributed by atoms with Crippen molar-refractivity contribution in [1.82, 2.24) is 0 Å². The molecule has 100 valence electrons. The smallest absolute Gasteiger partial charge is 0.126 e. The lowest BCUT2D eigenvalue weighted by molar-refractivity contribution is 0.0530. The van der Waals surface area contributed by atoms with Gasteiger partial charge in [-0.1, -0.05) is 13.3 Å². The van der Waals surface area contributed by atoms with Crippen molar-refractivity contribution in [2.45, 2.75) is 58.5 Å². The van der Waals surface area contributed by atoms with Crippen LogP contribution in [0.5, 0.6) is 11.5 Å². The van der Waals surface area contributed by atoms with E-state index in [9.17, 15) is 0 Å². The van der Waals surface area contributed by atoms with Crippen LogP contribution in [-0.4, -0.2) is 12.7 Å². The molecule has 1 aromatic carbocycles. The Labute approximate surface area is 110 Å².